The summed E-state index contributed by atoms with van der Waals surface area (Å²) >= 11 is 1.72. The van der Waals surface area contributed by atoms with E-state index in [0.717, 1.165) is 37.8 Å². The van der Waals surface area contributed by atoms with Crippen molar-refractivity contribution in [1.29, 1.82) is 0 Å². The molecule has 0 bridgehead atoms. The predicted molar refractivity (Wildman–Crippen MR) is 106 cm³/mol. The third-order valence-electron chi connectivity index (χ3n) is 2.96. The van der Waals surface area contributed by atoms with Crippen LogP contribution < -0.4 is 10.6 Å². The number of hydrogen-bond acceptors (Lipinski definition) is 4. The molecule has 0 amide bonds. The van der Waals surface area contributed by atoms with E-state index in [4.69, 9.17) is 9.15 Å². The van der Waals surface area contributed by atoms with Crippen LogP contribution in [0.3, 0.4) is 0 Å². The summed E-state index contributed by atoms with van der Waals surface area (Å²) in [6, 6.07) is 8.02. The molecule has 2 heterocycles. The van der Waals surface area contributed by atoms with Crippen molar-refractivity contribution in [1.82, 2.24) is 10.6 Å². The minimum atomic E-state index is 0. The topological polar surface area (TPSA) is 58.8 Å². The fourth-order valence-corrected chi connectivity index (χ4v) is 2.51. The van der Waals surface area contributed by atoms with Crippen molar-refractivity contribution in [3.8, 4) is 0 Å². The maximum atomic E-state index is 5.34. The number of ether oxygens (including phenoxy) is 1. The van der Waals surface area contributed by atoms with Gasteiger partial charge in [0.15, 0.2) is 5.96 Å². The van der Waals surface area contributed by atoms with Crippen molar-refractivity contribution in [3.05, 3.63) is 46.5 Å². The molecule has 2 aromatic rings. The van der Waals surface area contributed by atoms with Crippen LogP contribution in [-0.2, 0) is 17.7 Å². The molecule has 7 heteroatoms. The third-order valence-corrected chi connectivity index (χ3v) is 3.82. The van der Waals surface area contributed by atoms with Gasteiger partial charge >= 0.3 is 0 Å². The minimum absolute atomic E-state index is 0. The molecule has 0 saturated carbocycles. The number of rotatable bonds is 9. The number of aliphatic imine (C=N–C) groups is 1. The molecule has 0 spiro atoms. The maximum absolute atomic E-state index is 5.34. The van der Waals surface area contributed by atoms with Gasteiger partial charge in [0.1, 0.15) is 5.76 Å². The normalized spacial score (nSPS) is 11.1. The van der Waals surface area contributed by atoms with E-state index in [1.165, 1.54) is 4.88 Å². The summed E-state index contributed by atoms with van der Waals surface area (Å²) in [5.41, 5.74) is 0. The van der Waals surface area contributed by atoms with Crippen molar-refractivity contribution >= 4 is 41.3 Å². The molecule has 0 radical (unpaired) electrons. The summed E-state index contributed by atoms with van der Waals surface area (Å²) in [4.78, 5) is 5.85. The highest BCUT2D eigenvalue weighted by Crippen LogP contribution is 2.09. The molecule has 2 rings (SSSR count). The summed E-state index contributed by atoms with van der Waals surface area (Å²) in [6.07, 6.45) is 2.53. The van der Waals surface area contributed by atoms with Gasteiger partial charge in [0, 0.05) is 31.0 Å². The van der Waals surface area contributed by atoms with Gasteiger partial charge in [-0.1, -0.05) is 6.07 Å². The van der Waals surface area contributed by atoms with Gasteiger partial charge in [0.25, 0.3) is 0 Å². The number of nitrogens with one attached hydrogen (secondary N) is 2. The lowest BCUT2D eigenvalue weighted by Crippen LogP contribution is -2.40. The first-order chi connectivity index (χ1) is 10.9. The van der Waals surface area contributed by atoms with Crippen LogP contribution in [0.15, 0.2) is 45.3 Å². The fourth-order valence-electron chi connectivity index (χ4n) is 1.88. The zero-order chi connectivity index (χ0) is 15.5. The first-order valence-corrected chi connectivity index (χ1v) is 8.41. The standard InChI is InChI=1S/C16H23N3O2S.HI/c1-2-20-11-9-18-16(19-13-15-6-4-12-22-15)17-8-7-14-5-3-10-21-14;/h3-6,10,12H,2,7-9,11,13H2,1H3,(H2,17,18,19);1H. The number of furan rings is 1. The smallest absolute Gasteiger partial charge is 0.191 e. The molecule has 5 nitrogen and oxygen atoms in total. The van der Waals surface area contributed by atoms with Crippen LogP contribution in [0.4, 0.5) is 0 Å². The van der Waals surface area contributed by atoms with E-state index in [-0.39, 0.29) is 24.0 Å². The van der Waals surface area contributed by atoms with Crippen molar-refractivity contribution in [2.45, 2.75) is 19.9 Å². The molecule has 0 unspecified atom stereocenters. The van der Waals surface area contributed by atoms with Crippen molar-refractivity contribution in [3.63, 3.8) is 0 Å². The second-order valence-electron chi connectivity index (χ2n) is 4.62. The Morgan fingerprint density at radius 2 is 2.13 bits per heavy atom. The lowest BCUT2D eigenvalue weighted by molar-refractivity contribution is 0.152. The van der Waals surface area contributed by atoms with Crippen LogP contribution in [0.5, 0.6) is 0 Å². The Morgan fingerprint density at radius 1 is 1.26 bits per heavy atom. The van der Waals surface area contributed by atoms with Gasteiger partial charge in [-0.05, 0) is 30.5 Å². The number of halogens is 1. The second-order valence-corrected chi connectivity index (χ2v) is 5.66. The summed E-state index contributed by atoms with van der Waals surface area (Å²) in [7, 11) is 0. The van der Waals surface area contributed by atoms with E-state index in [1.54, 1.807) is 17.6 Å². The Kier molecular flexibility index (Phi) is 10.8. The number of nitrogens with zero attached hydrogens (tertiary/aromatic N) is 1. The third kappa shape index (κ3) is 8.38. The molecule has 2 N–H and O–H groups in total. The Hall–Kier alpha value is -1.06. The molecule has 0 fully saturated rings. The second kappa shape index (κ2) is 12.4. The summed E-state index contributed by atoms with van der Waals surface area (Å²) in [6.45, 7) is 5.60. The van der Waals surface area contributed by atoms with Gasteiger partial charge in [-0.2, -0.15) is 0 Å². The van der Waals surface area contributed by atoms with Crippen LogP contribution in [-0.4, -0.2) is 32.3 Å². The van der Waals surface area contributed by atoms with Crippen LogP contribution >= 0.6 is 35.3 Å². The summed E-state index contributed by atoms with van der Waals surface area (Å²) in [5.74, 6) is 1.78. The monoisotopic (exact) mass is 449 g/mol. The highest BCUT2D eigenvalue weighted by atomic mass is 127. The highest BCUT2D eigenvalue weighted by Gasteiger charge is 2.01. The number of thiophene rings is 1. The lowest BCUT2D eigenvalue weighted by Gasteiger charge is -2.12. The van der Waals surface area contributed by atoms with E-state index in [2.05, 4.69) is 27.1 Å². The van der Waals surface area contributed by atoms with Crippen molar-refractivity contribution in [2.75, 3.05) is 26.3 Å². The first kappa shape index (κ1) is 20.0. The van der Waals surface area contributed by atoms with E-state index < -0.39 is 0 Å². The van der Waals surface area contributed by atoms with Crippen LogP contribution in [0.2, 0.25) is 0 Å². The van der Waals surface area contributed by atoms with Gasteiger partial charge in [0.2, 0.25) is 0 Å². The molecule has 0 saturated heterocycles. The van der Waals surface area contributed by atoms with Crippen molar-refractivity contribution < 1.29 is 9.15 Å². The minimum Gasteiger partial charge on any atom is -0.469 e. The quantitative estimate of drug-likeness (QED) is 0.267. The molecular weight excluding hydrogens is 425 g/mol. The molecule has 0 aromatic carbocycles. The lowest BCUT2D eigenvalue weighted by atomic mass is 10.3. The molecule has 0 aliphatic rings. The van der Waals surface area contributed by atoms with Gasteiger partial charge in [-0.3, -0.25) is 0 Å². The van der Waals surface area contributed by atoms with Gasteiger partial charge in [0.05, 0.1) is 19.4 Å². The zero-order valence-electron chi connectivity index (χ0n) is 13.3. The SMILES string of the molecule is CCOCCNC(=NCc1cccs1)NCCc1ccco1.I. The maximum Gasteiger partial charge on any atom is 0.191 e. The van der Waals surface area contributed by atoms with E-state index >= 15 is 0 Å². The van der Waals surface area contributed by atoms with Crippen molar-refractivity contribution in [2.24, 2.45) is 4.99 Å². The Balaban J connectivity index is 0.00000264. The molecular formula is C16H24IN3O2S. The van der Waals surface area contributed by atoms with E-state index in [1.807, 2.05) is 25.1 Å². The molecule has 0 aliphatic carbocycles. The predicted octanol–water partition coefficient (Wildman–Crippen LogP) is 3.27. The first-order valence-electron chi connectivity index (χ1n) is 7.53. The van der Waals surface area contributed by atoms with E-state index in [9.17, 15) is 0 Å². The number of hydrogen-bond donors (Lipinski definition) is 2. The average molecular weight is 449 g/mol. The Bertz CT molecular complexity index is 530. The molecule has 128 valence electrons. The van der Waals surface area contributed by atoms with Crippen LogP contribution in [0.25, 0.3) is 0 Å². The van der Waals surface area contributed by atoms with Gasteiger partial charge in [-0.15, -0.1) is 35.3 Å². The van der Waals surface area contributed by atoms with Gasteiger partial charge in [-0.25, -0.2) is 4.99 Å². The van der Waals surface area contributed by atoms with Crippen LogP contribution in [0, 0.1) is 0 Å². The van der Waals surface area contributed by atoms with E-state index in [0.29, 0.717) is 13.2 Å². The Morgan fingerprint density at radius 3 is 2.83 bits per heavy atom. The fraction of sp³-hybridized carbons (Fsp3) is 0.438. The van der Waals surface area contributed by atoms with Gasteiger partial charge < -0.3 is 19.8 Å². The zero-order valence-corrected chi connectivity index (χ0v) is 16.4. The number of guanidine groups is 1. The molecule has 23 heavy (non-hydrogen) atoms. The van der Waals surface area contributed by atoms with Crippen LogP contribution in [0.1, 0.15) is 17.6 Å². The Labute approximate surface area is 158 Å². The molecule has 0 atom stereocenters. The largest absolute Gasteiger partial charge is 0.469 e. The molecule has 2 aromatic heterocycles. The summed E-state index contributed by atoms with van der Waals surface area (Å²) < 4.78 is 10.7. The summed E-state index contributed by atoms with van der Waals surface area (Å²) in [5, 5.41) is 8.68. The highest BCUT2D eigenvalue weighted by molar-refractivity contribution is 14.0. The molecule has 0 aliphatic heterocycles. The average Bonchev–Trinajstić information content (AvgIpc) is 3.21.